The van der Waals surface area contributed by atoms with E-state index in [1.807, 2.05) is 6.92 Å². The minimum atomic E-state index is -4.02. The molecule has 0 aromatic heterocycles. The second-order valence-electron chi connectivity index (χ2n) is 9.49. The van der Waals surface area contributed by atoms with Gasteiger partial charge in [-0.05, 0) is 78.7 Å². The predicted molar refractivity (Wildman–Crippen MR) is 163 cm³/mol. The van der Waals surface area contributed by atoms with Crippen molar-refractivity contribution in [3.63, 3.8) is 0 Å². The van der Waals surface area contributed by atoms with Crippen molar-refractivity contribution in [1.82, 2.24) is 4.31 Å². The summed E-state index contributed by atoms with van der Waals surface area (Å²) in [6, 6.07) is 22.2. The van der Waals surface area contributed by atoms with Gasteiger partial charge in [0.15, 0.2) is 0 Å². The van der Waals surface area contributed by atoms with Crippen LogP contribution in [0.25, 0.3) is 0 Å². The van der Waals surface area contributed by atoms with Crippen molar-refractivity contribution in [3.8, 4) is 0 Å². The summed E-state index contributed by atoms with van der Waals surface area (Å²) in [7, 11) is -5.20. The van der Waals surface area contributed by atoms with E-state index in [9.17, 15) is 26.0 Å². The van der Waals surface area contributed by atoms with Crippen molar-refractivity contribution in [2.75, 3.05) is 28.4 Å². The Labute approximate surface area is 249 Å². The molecule has 0 bridgehead atoms. The van der Waals surface area contributed by atoms with Gasteiger partial charge in [-0.15, -0.1) is 0 Å². The van der Waals surface area contributed by atoms with Gasteiger partial charge in [-0.2, -0.15) is 12.7 Å². The summed E-state index contributed by atoms with van der Waals surface area (Å²) in [5, 5.41) is 3.13. The molecule has 42 heavy (non-hydrogen) atoms. The molecule has 0 aliphatic heterocycles. The van der Waals surface area contributed by atoms with Crippen LogP contribution in [0.5, 0.6) is 0 Å². The monoisotopic (exact) mass is 630 g/mol. The van der Waals surface area contributed by atoms with Crippen LogP contribution in [0.3, 0.4) is 0 Å². The lowest BCUT2D eigenvalue weighted by Gasteiger charge is -2.27. The largest absolute Gasteiger partial charge is 0.322 e. The lowest BCUT2D eigenvalue weighted by atomic mass is 10.1. The highest BCUT2D eigenvalue weighted by Gasteiger charge is 2.27. The Hall–Kier alpha value is -3.97. The van der Waals surface area contributed by atoms with E-state index in [2.05, 4.69) is 10.0 Å². The number of halogens is 2. The number of nitrogens with one attached hydrogen (secondary N) is 2. The van der Waals surface area contributed by atoms with Crippen molar-refractivity contribution in [1.29, 1.82) is 0 Å². The number of aryl methyl sites for hydroxylation is 1. The highest BCUT2D eigenvalue weighted by molar-refractivity contribution is 7.92. The van der Waals surface area contributed by atoms with Gasteiger partial charge in [0.05, 0.1) is 22.8 Å². The molecular weight excluding hydrogens is 603 g/mol. The van der Waals surface area contributed by atoms with Crippen molar-refractivity contribution in [3.05, 3.63) is 119 Å². The second kappa shape index (κ2) is 12.5. The molecule has 0 saturated carbocycles. The number of nitrogens with zero attached hydrogens (tertiary/aromatic N) is 2. The van der Waals surface area contributed by atoms with Crippen LogP contribution in [0.15, 0.2) is 95.9 Å². The molecule has 0 unspecified atom stereocenters. The molecule has 0 heterocycles. The van der Waals surface area contributed by atoms with E-state index in [-0.39, 0.29) is 22.7 Å². The zero-order valence-electron chi connectivity index (χ0n) is 22.9. The first-order chi connectivity index (χ1) is 19.8. The van der Waals surface area contributed by atoms with E-state index in [1.165, 1.54) is 74.8 Å². The zero-order valence-corrected chi connectivity index (χ0v) is 25.3. The lowest BCUT2D eigenvalue weighted by Crippen LogP contribution is -2.40. The molecule has 4 aromatic carbocycles. The third-order valence-electron chi connectivity index (χ3n) is 6.25. The van der Waals surface area contributed by atoms with Crippen LogP contribution in [-0.2, 0) is 26.8 Å². The molecule has 0 fully saturated rings. The average Bonchev–Trinajstić information content (AvgIpc) is 2.94. The van der Waals surface area contributed by atoms with Crippen molar-refractivity contribution < 1.29 is 26.0 Å². The minimum absolute atomic E-state index is 0.00590. The Morgan fingerprint density at radius 3 is 2.07 bits per heavy atom. The van der Waals surface area contributed by atoms with Crippen molar-refractivity contribution in [2.45, 2.75) is 18.4 Å². The molecule has 0 aliphatic carbocycles. The number of amides is 1. The molecule has 4 aromatic rings. The van der Waals surface area contributed by atoms with Gasteiger partial charge in [0.2, 0.25) is 0 Å². The number of sulfonamides is 1. The number of hydrogen-bond acceptors (Lipinski definition) is 5. The number of carbonyl (C=O) groups excluding carboxylic acids is 1. The number of carbonyl (C=O) groups is 1. The summed E-state index contributed by atoms with van der Waals surface area (Å²) in [5.41, 5.74) is 2.21. The van der Waals surface area contributed by atoms with Crippen molar-refractivity contribution in [2.24, 2.45) is 0 Å². The maximum atomic E-state index is 14.5. The van der Waals surface area contributed by atoms with E-state index in [4.69, 9.17) is 11.6 Å². The number of rotatable bonds is 10. The third-order valence-corrected chi connectivity index (χ3v) is 9.86. The fourth-order valence-electron chi connectivity index (χ4n) is 3.86. The SMILES string of the molecule is Cc1ccc(NS(=O)(=O)c2ccc(NC(=O)c3ccc(CN(c4ccccc4F)S(=O)(=O)N(C)C)cc3)cc2)cc1Cl. The van der Waals surface area contributed by atoms with E-state index < -0.39 is 32.0 Å². The Morgan fingerprint density at radius 1 is 0.857 bits per heavy atom. The first-order valence-electron chi connectivity index (χ1n) is 12.5. The topological polar surface area (TPSA) is 116 Å². The molecule has 0 aliphatic rings. The average molecular weight is 631 g/mol. The highest BCUT2D eigenvalue weighted by atomic mass is 35.5. The summed E-state index contributed by atoms with van der Waals surface area (Å²) in [6.07, 6.45) is 0. The molecule has 4 rings (SSSR count). The normalized spacial score (nSPS) is 11.8. The molecule has 0 spiro atoms. The lowest BCUT2D eigenvalue weighted by molar-refractivity contribution is 0.102. The third kappa shape index (κ3) is 7.08. The van der Waals surface area contributed by atoms with E-state index in [1.54, 1.807) is 30.3 Å². The maximum Gasteiger partial charge on any atom is 0.303 e. The highest BCUT2D eigenvalue weighted by Crippen LogP contribution is 2.26. The minimum Gasteiger partial charge on any atom is -0.322 e. The Kier molecular flexibility index (Phi) is 9.21. The quantitative estimate of drug-likeness (QED) is 0.235. The van der Waals surface area contributed by atoms with Gasteiger partial charge in [0.25, 0.3) is 15.9 Å². The van der Waals surface area contributed by atoms with E-state index in [0.29, 0.717) is 22.0 Å². The molecule has 13 heteroatoms. The first-order valence-corrected chi connectivity index (χ1v) is 15.8. The van der Waals surface area contributed by atoms with Crippen LogP contribution in [-0.4, -0.2) is 41.1 Å². The molecule has 2 N–H and O–H groups in total. The van der Waals surface area contributed by atoms with Gasteiger partial charge in [0.1, 0.15) is 5.82 Å². The van der Waals surface area contributed by atoms with Crippen LogP contribution >= 0.6 is 11.6 Å². The van der Waals surface area contributed by atoms with E-state index in [0.717, 1.165) is 14.2 Å². The summed E-state index contributed by atoms with van der Waals surface area (Å²) in [4.78, 5) is 12.8. The maximum absolute atomic E-state index is 14.5. The van der Waals surface area contributed by atoms with Gasteiger partial charge in [0, 0.05) is 30.4 Å². The number of hydrogen-bond donors (Lipinski definition) is 2. The molecular formula is C29H28ClFN4O5S2. The summed E-state index contributed by atoms with van der Waals surface area (Å²) in [5.74, 6) is -1.15. The fourth-order valence-corrected chi connectivity index (χ4v) is 6.19. The number of anilines is 3. The summed E-state index contributed by atoms with van der Waals surface area (Å²) < 4.78 is 70.3. The molecule has 0 radical (unpaired) electrons. The zero-order chi connectivity index (χ0) is 30.7. The first kappa shape index (κ1) is 31.0. The van der Waals surface area contributed by atoms with Crippen LogP contribution in [0.4, 0.5) is 21.5 Å². The van der Waals surface area contributed by atoms with Crippen LogP contribution in [0.2, 0.25) is 5.02 Å². The molecule has 0 atom stereocenters. The van der Waals surface area contributed by atoms with E-state index >= 15 is 0 Å². The summed E-state index contributed by atoms with van der Waals surface area (Å²) in [6.45, 7) is 1.64. The standard InChI is InChI=1S/C29H28ClFN4O5S2/c1-20-8-13-24(18-26(20)30)33-41(37,38)25-16-14-23(15-17-25)32-29(36)22-11-9-21(10-12-22)19-35(42(39,40)34(2)3)28-7-5-4-6-27(28)31/h4-18,33H,19H2,1-3H3,(H,32,36). The number of para-hydroxylation sites is 1. The predicted octanol–water partition coefficient (Wildman–Crippen LogP) is 5.65. The molecule has 220 valence electrons. The Bertz CT molecular complexity index is 1820. The molecule has 1 amide bonds. The van der Waals surface area contributed by atoms with Gasteiger partial charge in [-0.3, -0.25) is 13.8 Å². The smallest absolute Gasteiger partial charge is 0.303 e. The van der Waals surface area contributed by atoms with Crippen LogP contribution in [0.1, 0.15) is 21.5 Å². The van der Waals surface area contributed by atoms with Crippen LogP contribution in [0, 0.1) is 12.7 Å². The molecule has 0 saturated heterocycles. The van der Waals surface area contributed by atoms with Gasteiger partial charge >= 0.3 is 10.2 Å². The van der Waals surface area contributed by atoms with Gasteiger partial charge in [-0.1, -0.05) is 41.9 Å². The van der Waals surface area contributed by atoms with Crippen molar-refractivity contribution >= 4 is 54.8 Å². The Balaban J connectivity index is 1.45. The van der Waals surface area contributed by atoms with Gasteiger partial charge < -0.3 is 5.32 Å². The summed E-state index contributed by atoms with van der Waals surface area (Å²) >= 11 is 6.08. The van der Waals surface area contributed by atoms with Gasteiger partial charge in [-0.25, -0.2) is 12.8 Å². The Morgan fingerprint density at radius 2 is 1.48 bits per heavy atom. The van der Waals surface area contributed by atoms with Crippen LogP contribution < -0.4 is 14.3 Å². The molecule has 9 nitrogen and oxygen atoms in total. The number of benzene rings is 4. The second-order valence-corrected chi connectivity index (χ2v) is 13.6. The fraction of sp³-hybridized carbons (Fsp3) is 0.138.